The normalized spacial score (nSPS) is 16.1. The van der Waals surface area contributed by atoms with Crippen molar-refractivity contribution in [1.29, 1.82) is 0 Å². The Balaban J connectivity index is 2.02. The van der Waals surface area contributed by atoms with Crippen LogP contribution >= 0.6 is 0 Å². The van der Waals surface area contributed by atoms with Gasteiger partial charge in [-0.3, -0.25) is 4.79 Å². The van der Waals surface area contributed by atoms with Gasteiger partial charge in [-0.2, -0.15) is 0 Å². The first kappa shape index (κ1) is 14.5. The molecule has 1 aliphatic heterocycles. The fourth-order valence-electron chi connectivity index (χ4n) is 2.67. The van der Waals surface area contributed by atoms with E-state index in [4.69, 9.17) is 5.11 Å². The quantitative estimate of drug-likeness (QED) is 0.917. The molecule has 0 unspecified atom stereocenters. The molecule has 108 valence electrons. The number of hydrogen-bond acceptors (Lipinski definition) is 3. The van der Waals surface area contributed by atoms with Gasteiger partial charge in [0, 0.05) is 13.1 Å². The first-order valence-corrected chi connectivity index (χ1v) is 7.11. The molecular weight excluding hydrogens is 256 g/mol. The van der Waals surface area contributed by atoms with Crippen molar-refractivity contribution in [3.8, 4) is 0 Å². The molecule has 1 aliphatic rings. The van der Waals surface area contributed by atoms with Crippen LogP contribution < -0.4 is 0 Å². The molecule has 0 atom stereocenters. The maximum Gasteiger partial charge on any atom is 0.354 e. The van der Waals surface area contributed by atoms with E-state index in [1.54, 1.807) is 17.0 Å². The third kappa shape index (κ3) is 3.35. The van der Waals surface area contributed by atoms with Gasteiger partial charge in [-0.25, -0.2) is 9.78 Å². The van der Waals surface area contributed by atoms with Gasteiger partial charge in [0.15, 0.2) is 0 Å². The molecule has 1 fully saturated rings. The summed E-state index contributed by atoms with van der Waals surface area (Å²) in [5.74, 6) is -0.563. The van der Waals surface area contributed by atoms with Crippen LogP contribution in [0.3, 0.4) is 0 Å². The van der Waals surface area contributed by atoms with Crippen LogP contribution in [-0.2, 0) is 0 Å². The van der Waals surface area contributed by atoms with Crippen LogP contribution in [0.15, 0.2) is 18.2 Å². The van der Waals surface area contributed by atoms with Crippen LogP contribution in [0.1, 0.15) is 53.6 Å². The zero-order valence-electron chi connectivity index (χ0n) is 11.7. The molecule has 5 nitrogen and oxygen atoms in total. The maximum atomic E-state index is 12.3. The van der Waals surface area contributed by atoms with E-state index >= 15 is 0 Å². The molecule has 1 amide bonds. The van der Waals surface area contributed by atoms with Crippen LogP contribution in [0.2, 0.25) is 0 Å². The number of amides is 1. The molecule has 1 aromatic rings. The zero-order valence-corrected chi connectivity index (χ0v) is 11.7. The summed E-state index contributed by atoms with van der Waals surface area (Å²) in [6.07, 6.45) is 4.45. The summed E-state index contributed by atoms with van der Waals surface area (Å²) >= 11 is 0. The number of carbonyl (C=O) groups excluding carboxylic acids is 1. The first-order chi connectivity index (χ1) is 9.61. The van der Waals surface area contributed by atoms with Crippen LogP contribution in [-0.4, -0.2) is 40.0 Å². The number of rotatable bonds is 4. The summed E-state index contributed by atoms with van der Waals surface area (Å²) in [7, 11) is 0. The Morgan fingerprint density at radius 1 is 1.30 bits per heavy atom. The van der Waals surface area contributed by atoms with E-state index in [2.05, 4.69) is 11.9 Å². The highest BCUT2D eigenvalue weighted by molar-refractivity contribution is 5.94. The molecule has 20 heavy (non-hydrogen) atoms. The lowest BCUT2D eigenvalue weighted by Crippen LogP contribution is -2.39. The molecule has 0 spiro atoms. The lowest BCUT2D eigenvalue weighted by atomic mass is 9.92. The summed E-state index contributed by atoms with van der Waals surface area (Å²) in [6, 6.07) is 4.53. The number of carbonyl (C=O) groups is 2. The Morgan fingerprint density at radius 2 is 1.95 bits per heavy atom. The van der Waals surface area contributed by atoms with Crippen LogP contribution in [0, 0.1) is 5.92 Å². The second-order valence-corrected chi connectivity index (χ2v) is 5.24. The minimum Gasteiger partial charge on any atom is -0.477 e. The van der Waals surface area contributed by atoms with E-state index in [0.29, 0.717) is 5.92 Å². The van der Waals surface area contributed by atoms with Gasteiger partial charge in [0.2, 0.25) is 0 Å². The molecule has 5 heteroatoms. The third-order valence-corrected chi connectivity index (χ3v) is 3.79. The Kier molecular flexibility index (Phi) is 4.71. The topological polar surface area (TPSA) is 70.5 Å². The van der Waals surface area contributed by atoms with Gasteiger partial charge in [0.1, 0.15) is 11.4 Å². The number of likely N-dealkylation sites (tertiary alicyclic amines) is 1. The number of pyridine rings is 1. The maximum absolute atomic E-state index is 12.3. The molecule has 0 aliphatic carbocycles. The molecule has 1 aromatic heterocycles. The Morgan fingerprint density at radius 3 is 2.55 bits per heavy atom. The molecule has 0 radical (unpaired) electrons. The molecule has 0 aromatic carbocycles. The van der Waals surface area contributed by atoms with Crippen molar-refractivity contribution in [1.82, 2.24) is 9.88 Å². The number of piperidine rings is 1. The van der Waals surface area contributed by atoms with Gasteiger partial charge < -0.3 is 10.0 Å². The Hall–Kier alpha value is -1.91. The van der Waals surface area contributed by atoms with Crippen molar-refractivity contribution in [2.75, 3.05) is 13.1 Å². The minimum atomic E-state index is -1.11. The van der Waals surface area contributed by atoms with Crippen molar-refractivity contribution < 1.29 is 14.7 Å². The van der Waals surface area contributed by atoms with Crippen molar-refractivity contribution >= 4 is 11.9 Å². The fourth-order valence-corrected chi connectivity index (χ4v) is 2.67. The molecular formula is C15H20N2O3. The highest BCUT2D eigenvalue weighted by Crippen LogP contribution is 2.22. The highest BCUT2D eigenvalue weighted by Gasteiger charge is 2.24. The number of nitrogens with zero attached hydrogens (tertiary/aromatic N) is 2. The summed E-state index contributed by atoms with van der Waals surface area (Å²) in [5.41, 5.74) is 0.135. The van der Waals surface area contributed by atoms with Gasteiger partial charge in [0.25, 0.3) is 5.91 Å². The molecule has 0 bridgehead atoms. The Labute approximate surface area is 118 Å². The Bertz CT molecular complexity index is 494. The first-order valence-electron chi connectivity index (χ1n) is 7.11. The van der Waals surface area contributed by atoms with Crippen molar-refractivity contribution in [3.63, 3.8) is 0 Å². The molecule has 1 N–H and O–H groups in total. The highest BCUT2D eigenvalue weighted by atomic mass is 16.4. The second kappa shape index (κ2) is 6.50. The molecule has 2 rings (SSSR count). The second-order valence-electron chi connectivity index (χ2n) is 5.24. The summed E-state index contributed by atoms with van der Waals surface area (Å²) in [5, 5.41) is 8.91. The van der Waals surface area contributed by atoms with E-state index in [9.17, 15) is 9.59 Å². The van der Waals surface area contributed by atoms with Crippen LogP contribution in [0.25, 0.3) is 0 Å². The van der Waals surface area contributed by atoms with Gasteiger partial charge in [-0.15, -0.1) is 0 Å². The van der Waals surface area contributed by atoms with E-state index in [1.807, 2.05) is 0 Å². The average molecular weight is 276 g/mol. The average Bonchev–Trinajstić information content (AvgIpc) is 2.48. The van der Waals surface area contributed by atoms with Gasteiger partial charge in [0.05, 0.1) is 0 Å². The number of carboxylic acid groups (broad SMARTS) is 1. The van der Waals surface area contributed by atoms with Crippen molar-refractivity contribution in [2.45, 2.75) is 32.6 Å². The van der Waals surface area contributed by atoms with E-state index in [-0.39, 0.29) is 17.3 Å². The van der Waals surface area contributed by atoms with Crippen LogP contribution in [0.4, 0.5) is 0 Å². The minimum absolute atomic E-state index is 0.0864. The predicted octanol–water partition coefficient (Wildman–Crippen LogP) is 2.43. The van der Waals surface area contributed by atoms with E-state index in [1.165, 1.54) is 18.9 Å². The summed E-state index contributed by atoms with van der Waals surface area (Å²) in [6.45, 7) is 3.66. The smallest absolute Gasteiger partial charge is 0.354 e. The molecule has 0 saturated carbocycles. The lowest BCUT2D eigenvalue weighted by molar-refractivity contribution is 0.0677. The number of aromatic carboxylic acids is 1. The summed E-state index contributed by atoms with van der Waals surface area (Å²) in [4.78, 5) is 28.9. The van der Waals surface area contributed by atoms with Crippen LogP contribution in [0.5, 0.6) is 0 Å². The van der Waals surface area contributed by atoms with Gasteiger partial charge >= 0.3 is 5.97 Å². The summed E-state index contributed by atoms with van der Waals surface area (Å²) < 4.78 is 0. The fraction of sp³-hybridized carbons (Fsp3) is 0.533. The van der Waals surface area contributed by atoms with E-state index in [0.717, 1.165) is 25.9 Å². The SMILES string of the molecule is CCCC1CCN(C(=O)c2cccc(C(=O)O)n2)CC1. The number of carboxylic acids is 1. The largest absolute Gasteiger partial charge is 0.477 e. The van der Waals surface area contributed by atoms with E-state index < -0.39 is 5.97 Å². The number of hydrogen-bond donors (Lipinski definition) is 1. The van der Waals surface area contributed by atoms with Gasteiger partial charge in [-0.1, -0.05) is 25.8 Å². The van der Waals surface area contributed by atoms with Gasteiger partial charge in [-0.05, 0) is 30.9 Å². The zero-order chi connectivity index (χ0) is 14.5. The molecule has 2 heterocycles. The lowest BCUT2D eigenvalue weighted by Gasteiger charge is -2.31. The van der Waals surface area contributed by atoms with Crippen molar-refractivity contribution in [3.05, 3.63) is 29.6 Å². The number of aromatic nitrogens is 1. The third-order valence-electron chi connectivity index (χ3n) is 3.79. The predicted molar refractivity (Wildman–Crippen MR) is 74.7 cm³/mol. The van der Waals surface area contributed by atoms with Crippen molar-refractivity contribution in [2.24, 2.45) is 5.92 Å². The molecule has 1 saturated heterocycles. The standard InChI is InChI=1S/C15H20N2O3/c1-2-4-11-7-9-17(10-8-11)14(18)12-5-3-6-13(16-12)15(19)20/h3,5-6,11H,2,4,7-10H2,1H3,(H,19,20). The monoisotopic (exact) mass is 276 g/mol.